The molecule has 1 amide bonds. The summed E-state index contributed by atoms with van der Waals surface area (Å²) in [6.07, 6.45) is 1.44. The molecule has 0 saturated carbocycles. The monoisotopic (exact) mass is 483 g/mol. The molecule has 2 heterocycles. The third kappa shape index (κ3) is 5.49. The summed E-state index contributed by atoms with van der Waals surface area (Å²) in [6, 6.07) is 24.1. The van der Waals surface area contributed by atoms with Crippen LogP contribution in [0.25, 0.3) is 10.9 Å². The second-order valence-electron chi connectivity index (χ2n) is 8.60. The number of para-hydroxylation sites is 1. The summed E-state index contributed by atoms with van der Waals surface area (Å²) in [5.74, 6) is 1.09. The van der Waals surface area contributed by atoms with Gasteiger partial charge in [-0.3, -0.25) is 4.79 Å². The highest BCUT2D eigenvalue weighted by atomic mass is 16.5. The Morgan fingerprint density at radius 1 is 0.861 bits per heavy atom. The number of nitrogens with zero attached hydrogens (tertiary/aromatic N) is 4. The minimum Gasteiger partial charge on any atom is -0.497 e. The Morgan fingerprint density at radius 2 is 1.50 bits per heavy atom. The Morgan fingerprint density at radius 3 is 2.17 bits per heavy atom. The number of piperazine rings is 1. The van der Waals surface area contributed by atoms with E-state index in [4.69, 9.17) is 9.47 Å². The maximum atomic E-state index is 12.3. The number of fused-ring (bicyclic) bond motifs is 1. The topological polar surface area (TPSA) is 79.8 Å². The first-order valence-electron chi connectivity index (χ1n) is 12.0. The Bertz CT molecular complexity index is 1300. The van der Waals surface area contributed by atoms with Crippen molar-refractivity contribution >= 4 is 28.2 Å². The average molecular weight is 484 g/mol. The Hall–Kier alpha value is -4.33. The first kappa shape index (κ1) is 23.4. The molecule has 0 aliphatic carbocycles. The number of aromatic nitrogens is 2. The lowest BCUT2D eigenvalue weighted by molar-refractivity contribution is -0.123. The van der Waals surface area contributed by atoms with Crippen molar-refractivity contribution in [2.45, 2.75) is 6.54 Å². The van der Waals surface area contributed by atoms with Crippen LogP contribution in [-0.2, 0) is 11.3 Å². The molecule has 0 bridgehead atoms. The molecule has 0 spiro atoms. The van der Waals surface area contributed by atoms with Crippen molar-refractivity contribution in [3.8, 4) is 11.6 Å². The van der Waals surface area contributed by atoms with Gasteiger partial charge in [-0.25, -0.2) is 9.97 Å². The highest BCUT2D eigenvalue weighted by molar-refractivity contribution is 5.84. The van der Waals surface area contributed by atoms with Crippen LogP contribution in [0.15, 0.2) is 79.1 Å². The fraction of sp³-hybridized carbons (Fsp3) is 0.250. The number of benzene rings is 3. The van der Waals surface area contributed by atoms with E-state index < -0.39 is 0 Å². The van der Waals surface area contributed by atoms with Gasteiger partial charge in [-0.1, -0.05) is 24.3 Å². The van der Waals surface area contributed by atoms with E-state index in [1.807, 2.05) is 36.4 Å². The van der Waals surface area contributed by atoms with E-state index in [-0.39, 0.29) is 12.5 Å². The Kier molecular flexibility index (Phi) is 7.12. The summed E-state index contributed by atoms with van der Waals surface area (Å²) >= 11 is 0. The molecule has 36 heavy (non-hydrogen) atoms. The number of methoxy groups -OCH3 is 1. The van der Waals surface area contributed by atoms with Gasteiger partial charge in [0.05, 0.1) is 18.0 Å². The van der Waals surface area contributed by atoms with E-state index in [0.29, 0.717) is 12.4 Å². The molecular formula is C28H29N5O3. The van der Waals surface area contributed by atoms with Gasteiger partial charge in [-0.15, -0.1) is 0 Å². The zero-order valence-corrected chi connectivity index (χ0v) is 20.3. The molecule has 1 aliphatic rings. The van der Waals surface area contributed by atoms with Crippen molar-refractivity contribution in [3.05, 3.63) is 84.7 Å². The van der Waals surface area contributed by atoms with Crippen LogP contribution in [-0.4, -0.2) is 55.8 Å². The van der Waals surface area contributed by atoms with E-state index in [1.54, 1.807) is 7.11 Å². The molecule has 0 unspecified atom stereocenters. The number of carbonyl (C=O) groups is 1. The second kappa shape index (κ2) is 10.9. The van der Waals surface area contributed by atoms with Crippen LogP contribution in [0, 0.1) is 0 Å². The standard InChI is InChI=1S/C28H29N5O3/c1-35-24-12-10-23(11-13-24)33-16-14-32(15-17-33)22-8-6-21(7-9-22)18-29-27(34)19-36-28-25-4-2-3-5-26(25)30-20-31-28/h2-13,20H,14-19H2,1H3,(H,29,34). The highest BCUT2D eigenvalue weighted by Gasteiger charge is 2.17. The van der Waals surface area contributed by atoms with Crippen LogP contribution in [0.5, 0.6) is 11.6 Å². The largest absolute Gasteiger partial charge is 0.497 e. The molecule has 1 saturated heterocycles. The molecule has 3 aromatic carbocycles. The minimum atomic E-state index is -0.198. The smallest absolute Gasteiger partial charge is 0.258 e. The van der Waals surface area contributed by atoms with Crippen LogP contribution < -0.4 is 24.6 Å². The average Bonchev–Trinajstić information content (AvgIpc) is 2.95. The van der Waals surface area contributed by atoms with E-state index in [0.717, 1.165) is 48.4 Å². The quantitative estimate of drug-likeness (QED) is 0.410. The van der Waals surface area contributed by atoms with Gasteiger partial charge in [-0.05, 0) is 54.1 Å². The molecule has 0 atom stereocenters. The van der Waals surface area contributed by atoms with E-state index in [2.05, 4.69) is 61.5 Å². The first-order chi connectivity index (χ1) is 17.7. The van der Waals surface area contributed by atoms with Crippen molar-refractivity contribution in [3.63, 3.8) is 0 Å². The normalized spacial score (nSPS) is 13.5. The van der Waals surface area contributed by atoms with Gasteiger partial charge in [0.2, 0.25) is 5.88 Å². The lowest BCUT2D eigenvalue weighted by Gasteiger charge is -2.37. The van der Waals surface area contributed by atoms with E-state index >= 15 is 0 Å². The summed E-state index contributed by atoms with van der Waals surface area (Å²) in [4.78, 5) is 25.5. The predicted octanol–water partition coefficient (Wildman–Crippen LogP) is 3.66. The molecular weight excluding hydrogens is 454 g/mol. The number of anilines is 2. The molecule has 4 aromatic rings. The molecule has 1 aliphatic heterocycles. The third-order valence-electron chi connectivity index (χ3n) is 6.35. The van der Waals surface area contributed by atoms with Crippen LogP contribution in [0.4, 0.5) is 11.4 Å². The molecule has 1 aromatic heterocycles. The zero-order valence-electron chi connectivity index (χ0n) is 20.3. The van der Waals surface area contributed by atoms with Gasteiger partial charge in [-0.2, -0.15) is 0 Å². The summed E-state index contributed by atoms with van der Waals surface area (Å²) in [5.41, 5.74) is 4.23. The number of amides is 1. The third-order valence-corrected chi connectivity index (χ3v) is 6.35. The minimum absolute atomic E-state index is 0.0996. The van der Waals surface area contributed by atoms with Crippen LogP contribution >= 0.6 is 0 Å². The van der Waals surface area contributed by atoms with Crippen LogP contribution in [0.2, 0.25) is 0 Å². The van der Waals surface area contributed by atoms with Gasteiger partial charge in [0.1, 0.15) is 12.1 Å². The van der Waals surface area contributed by atoms with Crippen LogP contribution in [0.1, 0.15) is 5.56 Å². The number of carbonyl (C=O) groups excluding carboxylic acids is 1. The van der Waals surface area contributed by atoms with Crippen molar-refractivity contribution in [1.82, 2.24) is 15.3 Å². The molecule has 5 rings (SSSR count). The molecule has 8 heteroatoms. The van der Waals surface area contributed by atoms with Gasteiger partial charge >= 0.3 is 0 Å². The lowest BCUT2D eigenvalue weighted by atomic mass is 10.1. The summed E-state index contributed by atoms with van der Waals surface area (Å²) in [6.45, 7) is 4.18. The molecule has 8 nitrogen and oxygen atoms in total. The Labute approximate surface area is 210 Å². The first-order valence-corrected chi connectivity index (χ1v) is 12.0. The van der Waals surface area contributed by atoms with Crippen molar-refractivity contribution < 1.29 is 14.3 Å². The summed E-state index contributed by atoms with van der Waals surface area (Å²) < 4.78 is 10.9. The summed E-state index contributed by atoms with van der Waals surface area (Å²) in [5, 5.41) is 3.70. The molecule has 184 valence electrons. The summed E-state index contributed by atoms with van der Waals surface area (Å²) in [7, 11) is 1.69. The van der Waals surface area contributed by atoms with E-state index in [9.17, 15) is 4.79 Å². The molecule has 0 radical (unpaired) electrons. The van der Waals surface area contributed by atoms with Gasteiger partial charge in [0.25, 0.3) is 5.91 Å². The SMILES string of the molecule is COc1ccc(N2CCN(c3ccc(CNC(=O)COc4ncnc5ccccc45)cc3)CC2)cc1. The highest BCUT2D eigenvalue weighted by Crippen LogP contribution is 2.23. The van der Waals surface area contributed by atoms with Crippen molar-refractivity contribution in [2.75, 3.05) is 49.7 Å². The van der Waals surface area contributed by atoms with Crippen molar-refractivity contribution in [2.24, 2.45) is 0 Å². The maximum absolute atomic E-state index is 12.3. The number of nitrogens with one attached hydrogen (secondary N) is 1. The molecule has 1 N–H and O–H groups in total. The van der Waals surface area contributed by atoms with Crippen LogP contribution in [0.3, 0.4) is 0 Å². The van der Waals surface area contributed by atoms with Gasteiger partial charge in [0.15, 0.2) is 6.61 Å². The lowest BCUT2D eigenvalue weighted by Crippen LogP contribution is -2.46. The Balaban J connectivity index is 1.08. The fourth-order valence-corrected chi connectivity index (χ4v) is 4.32. The van der Waals surface area contributed by atoms with Gasteiger partial charge < -0.3 is 24.6 Å². The van der Waals surface area contributed by atoms with Gasteiger partial charge in [0, 0.05) is 44.1 Å². The number of ether oxygens (including phenoxy) is 2. The fourth-order valence-electron chi connectivity index (χ4n) is 4.32. The number of rotatable bonds is 8. The van der Waals surface area contributed by atoms with Crippen molar-refractivity contribution in [1.29, 1.82) is 0 Å². The van der Waals surface area contributed by atoms with E-state index in [1.165, 1.54) is 17.7 Å². The predicted molar refractivity (Wildman–Crippen MR) is 141 cm³/mol. The second-order valence-corrected chi connectivity index (χ2v) is 8.60. The number of hydrogen-bond acceptors (Lipinski definition) is 7. The maximum Gasteiger partial charge on any atom is 0.258 e. The zero-order chi connectivity index (χ0) is 24.7. The molecule has 1 fully saturated rings. The number of hydrogen-bond donors (Lipinski definition) is 1.